The van der Waals surface area contributed by atoms with Crippen molar-refractivity contribution in [3.8, 4) is 5.75 Å². The van der Waals surface area contributed by atoms with Crippen LogP contribution in [0.15, 0.2) is 73.8 Å². The van der Waals surface area contributed by atoms with Gasteiger partial charge in [-0.1, -0.05) is 23.8 Å². The van der Waals surface area contributed by atoms with Gasteiger partial charge in [-0.15, -0.1) is 13.2 Å². The van der Waals surface area contributed by atoms with Crippen molar-refractivity contribution >= 4 is 40.7 Å². The van der Waals surface area contributed by atoms with E-state index < -0.39 is 29.1 Å². The molecular weight excluding hydrogens is 606 g/mol. The Balaban J connectivity index is 1.55. The molecule has 2 aromatic rings. The van der Waals surface area contributed by atoms with Gasteiger partial charge < -0.3 is 29.3 Å². The molecule has 5 atom stereocenters. The molecule has 3 saturated heterocycles. The third-order valence-electron chi connectivity index (χ3n) is 9.59. The first kappa shape index (κ1) is 33.7. The molecule has 2 aromatic carbocycles. The zero-order valence-corrected chi connectivity index (χ0v) is 27.5. The fourth-order valence-electron chi connectivity index (χ4n) is 7.62. The molecule has 246 valence electrons. The molecule has 0 aromatic heterocycles. The first-order chi connectivity index (χ1) is 22.2. The van der Waals surface area contributed by atoms with E-state index in [0.29, 0.717) is 67.4 Å². The Morgan fingerprint density at radius 3 is 2.20 bits per heavy atom. The van der Waals surface area contributed by atoms with Crippen molar-refractivity contribution in [1.82, 2.24) is 4.90 Å². The number of ether oxygens (including phenoxy) is 2. The van der Waals surface area contributed by atoms with Crippen LogP contribution in [-0.2, 0) is 19.1 Å². The molecule has 1 N–H and O–H groups in total. The molecule has 3 amide bonds. The van der Waals surface area contributed by atoms with Gasteiger partial charge in [-0.2, -0.15) is 0 Å². The predicted molar refractivity (Wildman–Crippen MR) is 179 cm³/mol. The van der Waals surface area contributed by atoms with E-state index in [0.717, 1.165) is 0 Å². The highest BCUT2D eigenvalue weighted by atomic mass is 35.5. The number of carbonyl (C=O) groups excluding carboxylic acids is 3. The topological polar surface area (TPSA) is 99.6 Å². The van der Waals surface area contributed by atoms with Crippen LogP contribution in [0.1, 0.15) is 46.0 Å². The van der Waals surface area contributed by atoms with Crippen LogP contribution in [0.4, 0.5) is 11.4 Å². The largest absolute Gasteiger partial charge is 0.494 e. The van der Waals surface area contributed by atoms with Gasteiger partial charge in [0.25, 0.3) is 5.91 Å². The maximum absolute atomic E-state index is 14.7. The minimum Gasteiger partial charge on any atom is -0.494 e. The number of nitrogens with zero attached hydrogens (tertiary/aromatic N) is 3. The molecule has 9 nitrogen and oxygen atoms in total. The summed E-state index contributed by atoms with van der Waals surface area (Å²) < 4.78 is 12.5. The summed E-state index contributed by atoms with van der Waals surface area (Å²) in [4.78, 5) is 48.8. The van der Waals surface area contributed by atoms with Gasteiger partial charge >= 0.3 is 0 Å². The number of halogens is 1. The Labute approximate surface area is 276 Å². The number of aliphatic hydroxyl groups excluding tert-OH is 1. The summed E-state index contributed by atoms with van der Waals surface area (Å²) in [6.07, 6.45) is 6.20. The first-order valence-corrected chi connectivity index (χ1v) is 16.5. The molecule has 3 heterocycles. The number of rotatable bonds is 15. The van der Waals surface area contributed by atoms with Gasteiger partial charge in [-0.25, -0.2) is 0 Å². The van der Waals surface area contributed by atoms with E-state index >= 15 is 0 Å². The van der Waals surface area contributed by atoms with Crippen LogP contribution >= 0.6 is 11.6 Å². The summed E-state index contributed by atoms with van der Waals surface area (Å²) in [5, 5.41) is 9.90. The van der Waals surface area contributed by atoms with Crippen LogP contribution in [0.2, 0.25) is 5.02 Å². The molecule has 0 radical (unpaired) electrons. The second-order valence-corrected chi connectivity index (χ2v) is 12.9. The number of hydrogen-bond donors (Lipinski definition) is 1. The Hall–Kier alpha value is -3.66. The van der Waals surface area contributed by atoms with Crippen LogP contribution in [0.25, 0.3) is 0 Å². The van der Waals surface area contributed by atoms with Crippen molar-refractivity contribution in [3.05, 3.63) is 78.9 Å². The smallest absolute Gasteiger partial charge is 0.253 e. The molecule has 2 bridgehead atoms. The maximum Gasteiger partial charge on any atom is 0.253 e. The SMILES string of the molecule is C=CCN(C(=O)C1N(CCCCCO)C(=O)[C@@H]2[C@@H](C(=O)N(CC=C)c3ccc(OCC)cc3)[C@@]3(C)CCC12O3)c1ccc(Cl)cc1. The van der Waals surface area contributed by atoms with E-state index in [9.17, 15) is 19.5 Å². The van der Waals surface area contributed by atoms with E-state index in [4.69, 9.17) is 21.1 Å². The lowest BCUT2D eigenvalue weighted by atomic mass is 9.66. The normalized spacial score (nSPS) is 26.1. The zero-order valence-electron chi connectivity index (χ0n) is 26.7. The molecule has 0 saturated carbocycles. The molecule has 1 spiro atoms. The summed E-state index contributed by atoms with van der Waals surface area (Å²) in [6.45, 7) is 12.9. The van der Waals surface area contributed by atoms with Gasteiger partial charge in [0.05, 0.1) is 24.0 Å². The Morgan fingerprint density at radius 2 is 1.61 bits per heavy atom. The van der Waals surface area contributed by atoms with Gasteiger partial charge in [0.1, 0.15) is 17.4 Å². The van der Waals surface area contributed by atoms with Crippen molar-refractivity contribution in [2.75, 3.05) is 42.6 Å². The zero-order chi connectivity index (χ0) is 33.1. The van der Waals surface area contributed by atoms with Crippen LogP contribution in [-0.4, -0.2) is 77.8 Å². The van der Waals surface area contributed by atoms with Crippen molar-refractivity contribution < 1.29 is 29.0 Å². The average Bonchev–Trinajstić information content (AvgIpc) is 3.62. The fourth-order valence-corrected chi connectivity index (χ4v) is 7.75. The van der Waals surface area contributed by atoms with Crippen LogP contribution in [0, 0.1) is 11.8 Å². The van der Waals surface area contributed by atoms with Crippen molar-refractivity contribution in [2.45, 2.75) is 63.2 Å². The van der Waals surface area contributed by atoms with Crippen LogP contribution in [0.5, 0.6) is 5.75 Å². The Bertz CT molecular complexity index is 1450. The number of benzene rings is 2. The van der Waals surface area contributed by atoms with Crippen LogP contribution < -0.4 is 14.5 Å². The number of anilines is 2. The highest BCUT2D eigenvalue weighted by Crippen LogP contribution is 2.63. The molecule has 3 aliphatic rings. The highest BCUT2D eigenvalue weighted by molar-refractivity contribution is 6.30. The number of unbranched alkanes of at least 4 members (excludes halogenated alkanes) is 2. The van der Waals surface area contributed by atoms with Crippen molar-refractivity contribution in [3.63, 3.8) is 0 Å². The summed E-state index contributed by atoms with van der Waals surface area (Å²) in [6, 6.07) is 13.3. The molecule has 10 heteroatoms. The molecule has 46 heavy (non-hydrogen) atoms. The fraction of sp³-hybridized carbons (Fsp3) is 0.472. The summed E-state index contributed by atoms with van der Waals surface area (Å²) >= 11 is 6.16. The third kappa shape index (κ3) is 5.96. The standard InChI is InChI=1S/C36H44ClN3O6/c1-5-21-38(27-15-17-28(18-16-27)45-7-3)32(42)29-30-33(43)40(23-9-8-10-24-41)31(36(30)20-19-35(29,4)46-36)34(44)39(22-6-2)26-13-11-25(37)12-14-26/h5-6,11-18,29-31,41H,1-2,7-10,19-24H2,3-4H3/t29-,30-,31?,35+,36?/m0/s1. The summed E-state index contributed by atoms with van der Waals surface area (Å²) in [5.41, 5.74) is -0.828. The van der Waals surface area contributed by atoms with Crippen LogP contribution in [0.3, 0.4) is 0 Å². The van der Waals surface area contributed by atoms with E-state index in [1.54, 1.807) is 51.1 Å². The minimum absolute atomic E-state index is 0.0509. The van der Waals surface area contributed by atoms with E-state index in [1.165, 1.54) is 0 Å². The van der Waals surface area contributed by atoms with Crippen molar-refractivity contribution in [1.29, 1.82) is 0 Å². The quantitative estimate of drug-likeness (QED) is 0.205. The second-order valence-electron chi connectivity index (χ2n) is 12.4. The summed E-state index contributed by atoms with van der Waals surface area (Å²) in [7, 11) is 0. The third-order valence-corrected chi connectivity index (χ3v) is 9.84. The molecule has 3 fully saturated rings. The minimum atomic E-state index is -1.18. The number of likely N-dealkylation sites (tertiary alicyclic amines) is 1. The van der Waals surface area contributed by atoms with Gasteiger partial charge in [0.15, 0.2) is 0 Å². The molecule has 3 aliphatic heterocycles. The predicted octanol–water partition coefficient (Wildman–Crippen LogP) is 5.40. The van der Waals surface area contributed by atoms with Gasteiger partial charge in [0.2, 0.25) is 11.8 Å². The number of carbonyl (C=O) groups is 3. The molecule has 0 aliphatic carbocycles. The molecule has 5 rings (SSSR count). The van der Waals surface area contributed by atoms with Gasteiger partial charge in [-0.3, -0.25) is 14.4 Å². The Morgan fingerprint density at radius 1 is 1.00 bits per heavy atom. The number of fused-ring (bicyclic) bond motifs is 1. The molecular formula is C36H44ClN3O6. The lowest BCUT2D eigenvalue weighted by Gasteiger charge is -2.37. The van der Waals surface area contributed by atoms with Crippen molar-refractivity contribution in [2.24, 2.45) is 11.8 Å². The lowest BCUT2D eigenvalue weighted by molar-refractivity contribution is -0.144. The highest BCUT2D eigenvalue weighted by Gasteiger charge is 2.78. The average molecular weight is 650 g/mol. The number of amides is 3. The van der Waals surface area contributed by atoms with E-state index in [2.05, 4.69) is 13.2 Å². The Kier molecular flexibility index (Phi) is 10.2. The number of hydrogen-bond acceptors (Lipinski definition) is 6. The summed E-state index contributed by atoms with van der Waals surface area (Å²) in [5.74, 6) is -1.71. The number of aliphatic hydroxyl groups is 1. The van der Waals surface area contributed by atoms with E-state index in [1.807, 2.05) is 38.1 Å². The first-order valence-electron chi connectivity index (χ1n) is 16.1. The van der Waals surface area contributed by atoms with E-state index in [-0.39, 0.29) is 37.4 Å². The maximum atomic E-state index is 14.7. The monoisotopic (exact) mass is 649 g/mol. The molecule has 2 unspecified atom stereocenters. The van der Waals surface area contributed by atoms with Gasteiger partial charge in [-0.05, 0) is 94.5 Å². The lowest BCUT2D eigenvalue weighted by Crippen LogP contribution is -2.56. The van der Waals surface area contributed by atoms with Gasteiger partial charge in [0, 0.05) is 42.6 Å². The second kappa shape index (κ2) is 14.0.